The number of methoxy groups -OCH3 is 1. The molecule has 5 heteroatoms. The molecule has 0 atom stereocenters. The minimum absolute atomic E-state index is 0.463. The Morgan fingerprint density at radius 2 is 1.95 bits per heavy atom. The summed E-state index contributed by atoms with van der Waals surface area (Å²) in [4.78, 5) is 2.39. The lowest BCUT2D eigenvalue weighted by Crippen LogP contribution is -2.40. The van der Waals surface area contributed by atoms with Crippen molar-refractivity contribution < 1.29 is 14.8 Å². The number of benzene rings is 1. The molecule has 2 rings (SSSR count). The Labute approximate surface area is 127 Å². The summed E-state index contributed by atoms with van der Waals surface area (Å²) < 4.78 is 5.25. The molecule has 21 heavy (non-hydrogen) atoms. The molecular weight excluding hydrogens is 265 g/mol. The predicted molar refractivity (Wildman–Crippen MR) is 85.7 cm³/mol. The molecule has 0 spiro atoms. The van der Waals surface area contributed by atoms with Crippen LogP contribution in [-0.4, -0.2) is 42.3 Å². The SMILES string of the molecule is CCC1(C)CCN(Cc2cc(OC)ccc2B(O)O)CC1. The second kappa shape index (κ2) is 6.82. The number of piperidine rings is 1. The molecule has 0 unspecified atom stereocenters. The van der Waals surface area contributed by atoms with Gasteiger partial charge in [-0.1, -0.05) is 26.3 Å². The second-order valence-corrected chi connectivity index (χ2v) is 6.38. The Morgan fingerprint density at radius 3 is 2.48 bits per heavy atom. The van der Waals surface area contributed by atoms with Crippen molar-refractivity contribution in [3.8, 4) is 5.75 Å². The highest BCUT2D eigenvalue weighted by molar-refractivity contribution is 6.59. The smallest absolute Gasteiger partial charge is 0.488 e. The van der Waals surface area contributed by atoms with Crippen LogP contribution in [0, 0.1) is 5.41 Å². The van der Waals surface area contributed by atoms with Crippen LogP contribution in [0.4, 0.5) is 0 Å². The molecule has 0 amide bonds. The standard InChI is InChI=1S/C16H26BNO3/c1-4-16(2)7-9-18(10-8-16)12-13-11-14(21-3)5-6-15(13)17(19)20/h5-6,11,19-20H,4,7-10,12H2,1-3H3. The van der Waals surface area contributed by atoms with Gasteiger partial charge < -0.3 is 14.8 Å². The van der Waals surface area contributed by atoms with Crippen LogP contribution in [0.15, 0.2) is 18.2 Å². The molecule has 0 saturated carbocycles. The first-order valence-electron chi connectivity index (χ1n) is 7.73. The van der Waals surface area contributed by atoms with Gasteiger partial charge in [0.1, 0.15) is 5.75 Å². The molecule has 2 N–H and O–H groups in total. The Hall–Kier alpha value is -1.04. The number of hydrogen-bond donors (Lipinski definition) is 2. The van der Waals surface area contributed by atoms with Crippen LogP contribution in [-0.2, 0) is 6.54 Å². The number of ether oxygens (including phenoxy) is 1. The van der Waals surface area contributed by atoms with Gasteiger partial charge >= 0.3 is 7.12 Å². The summed E-state index contributed by atoms with van der Waals surface area (Å²) in [6.45, 7) is 7.48. The van der Waals surface area contributed by atoms with Crippen LogP contribution in [0.5, 0.6) is 5.75 Å². The van der Waals surface area contributed by atoms with Gasteiger partial charge in [0.05, 0.1) is 7.11 Å². The molecule has 1 saturated heterocycles. The molecule has 1 aromatic rings. The molecule has 0 bridgehead atoms. The minimum atomic E-state index is -1.43. The lowest BCUT2D eigenvalue weighted by Gasteiger charge is -2.39. The van der Waals surface area contributed by atoms with Crippen molar-refractivity contribution >= 4 is 12.6 Å². The highest BCUT2D eigenvalue weighted by Crippen LogP contribution is 2.34. The summed E-state index contributed by atoms with van der Waals surface area (Å²) in [6.07, 6.45) is 3.62. The van der Waals surface area contributed by atoms with Gasteiger partial charge in [0.25, 0.3) is 0 Å². The van der Waals surface area contributed by atoms with Crippen LogP contribution in [0.2, 0.25) is 0 Å². The second-order valence-electron chi connectivity index (χ2n) is 6.38. The van der Waals surface area contributed by atoms with E-state index < -0.39 is 7.12 Å². The third-order valence-corrected chi connectivity index (χ3v) is 4.94. The van der Waals surface area contributed by atoms with Gasteiger partial charge in [-0.05, 0) is 54.5 Å². The molecule has 1 aromatic carbocycles. The number of likely N-dealkylation sites (tertiary alicyclic amines) is 1. The summed E-state index contributed by atoms with van der Waals surface area (Å²) in [5.41, 5.74) is 1.97. The van der Waals surface area contributed by atoms with E-state index in [2.05, 4.69) is 18.7 Å². The molecule has 116 valence electrons. The van der Waals surface area contributed by atoms with Gasteiger partial charge in [0, 0.05) is 6.54 Å². The lowest BCUT2D eigenvalue weighted by atomic mass is 9.76. The summed E-state index contributed by atoms with van der Waals surface area (Å²) >= 11 is 0. The largest absolute Gasteiger partial charge is 0.497 e. The average molecular weight is 291 g/mol. The van der Waals surface area contributed by atoms with Crippen LogP contribution in [0.1, 0.15) is 38.7 Å². The van der Waals surface area contributed by atoms with Gasteiger partial charge in [-0.25, -0.2) is 0 Å². The molecule has 0 radical (unpaired) electrons. The van der Waals surface area contributed by atoms with E-state index in [0.717, 1.165) is 30.9 Å². The van der Waals surface area contributed by atoms with Crippen molar-refractivity contribution in [2.24, 2.45) is 5.41 Å². The summed E-state index contributed by atoms with van der Waals surface area (Å²) in [5.74, 6) is 0.754. The zero-order valence-electron chi connectivity index (χ0n) is 13.3. The number of rotatable bonds is 5. The first-order chi connectivity index (χ1) is 9.97. The van der Waals surface area contributed by atoms with E-state index in [0.29, 0.717) is 10.9 Å². The van der Waals surface area contributed by atoms with Crippen molar-refractivity contribution in [1.82, 2.24) is 4.90 Å². The zero-order chi connectivity index (χ0) is 15.5. The van der Waals surface area contributed by atoms with E-state index in [9.17, 15) is 10.0 Å². The topological polar surface area (TPSA) is 52.9 Å². The summed E-state index contributed by atoms with van der Waals surface area (Å²) in [5, 5.41) is 19.0. The van der Waals surface area contributed by atoms with Crippen LogP contribution >= 0.6 is 0 Å². The average Bonchev–Trinajstić information content (AvgIpc) is 2.49. The Kier molecular flexibility index (Phi) is 5.30. The predicted octanol–water partition coefficient (Wildman–Crippen LogP) is 1.39. The third kappa shape index (κ3) is 3.99. The van der Waals surface area contributed by atoms with Crippen LogP contribution in [0.25, 0.3) is 0 Å². The minimum Gasteiger partial charge on any atom is -0.497 e. The maximum absolute atomic E-state index is 9.51. The zero-order valence-corrected chi connectivity index (χ0v) is 13.3. The van der Waals surface area contributed by atoms with E-state index in [4.69, 9.17) is 4.74 Å². The molecule has 0 aliphatic carbocycles. The monoisotopic (exact) mass is 291 g/mol. The van der Waals surface area contributed by atoms with Crippen molar-refractivity contribution in [3.05, 3.63) is 23.8 Å². The fraction of sp³-hybridized carbons (Fsp3) is 0.625. The van der Waals surface area contributed by atoms with E-state index >= 15 is 0 Å². The quantitative estimate of drug-likeness (QED) is 0.805. The highest BCUT2D eigenvalue weighted by atomic mass is 16.5. The molecule has 4 nitrogen and oxygen atoms in total. The molecule has 1 aliphatic rings. The first kappa shape index (κ1) is 16.3. The van der Waals surface area contributed by atoms with Crippen molar-refractivity contribution in [3.63, 3.8) is 0 Å². The Balaban J connectivity index is 2.09. The first-order valence-corrected chi connectivity index (χ1v) is 7.73. The van der Waals surface area contributed by atoms with Crippen molar-refractivity contribution in [2.45, 2.75) is 39.7 Å². The van der Waals surface area contributed by atoms with E-state index in [1.165, 1.54) is 19.3 Å². The van der Waals surface area contributed by atoms with Crippen LogP contribution in [0.3, 0.4) is 0 Å². The lowest BCUT2D eigenvalue weighted by molar-refractivity contribution is 0.110. The highest BCUT2D eigenvalue weighted by Gasteiger charge is 2.29. The van der Waals surface area contributed by atoms with E-state index in [-0.39, 0.29) is 0 Å². The van der Waals surface area contributed by atoms with Gasteiger partial charge in [-0.15, -0.1) is 0 Å². The van der Waals surface area contributed by atoms with Crippen LogP contribution < -0.4 is 10.2 Å². The van der Waals surface area contributed by atoms with E-state index in [1.807, 2.05) is 6.07 Å². The Bertz CT molecular complexity index is 471. The fourth-order valence-electron chi connectivity index (χ4n) is 2.94. The van der Waals surface area contributed by atoms with Gasteiger partial charge in [-0.3, -0.25) is 4.90 Å². The number of nitrogens with zero attached hydrogens (tertiary/aromatic N) is 1. The van der Waals surface area contributed by atoms with Crippen molar-refractivity contribution in [1.29, 1.82) is 0 Å². The van der Waals surface area contributed by atoms with Gasteiger partial charge in [-0.2, -0.15) is 0 Å². The normalized spacial score (nSPS) is 18.5. The molecule has 1 fully saturated rings. The molecule has 1 aliphatic heterocycles. The van der Waals surface area contributed by atoms with Gasteiger partial charge in [0.2, 0.25) is 0 Å². The number of hydrogen-bond acceptors (Lipinski definition) is 4. The molecule has 0 aromatic heterocycles. The van der Waals surface area contributed by atoms with Gasteiger partial charge in [0.15, 0.2) is 0 Å². The summed E-state index contributed by atoms with van der Waals surface area (Å²) in [6, 6.07) is 5.41. The Morgan fingerprint density at radius 1 is 1.29 bits per heavy atom. The maximum atomic E-state index is 9.51. The molecular formula is C16H26BNO3. The third-order valence-electron chi connectivity index (χ3n) is 4.94. The summed E-state index contributed by atoms with van der Waals surface area (Å²) in [7, 11) is 0.193. The van der Waals surface area contributed by atoms with Crippen molar-refractivity contribution in [2.75, 3.05) is 20.2 Å². The fourth-order valence-corrected chi connectivity index (χ4v) is 2.94. The van der Waals surface area contributed by atoms with E-state index in [1.54, 1.807) is 19.2 Å². The maximum Gasteiger partial charge on any atom is 0.488 e. The molecule has 1 heterocycles.